The van der Waals surface area contributed by atoms with Crippen LogP contribution in [0.2, 0.25) is 0 Å². The molecule has 0 unspecified atom stereocenters. The standard InChI is InChI=1S/C16H24N4O3S/c1-16(2,3)14(23)20-6-4-10(5-7-20)13(22)19-15-18-11(9-24-15)8-12(17)21/h9-10H,4-8H2,1-3H3,(H2,17,21)(H,18,19,22). The number of hydrogen-bond donors (Lipinski definition) is 2. The molecular formula is C16H24N4O3S. The Morgan fingerprint density at radius 3 is 2.50 bits per heavy atom. The van der Waals surface area contributed by atoms with Crippen LogP contribution in [0.3, 0.4) is 0 Å². The maximum absolute atomic E-state index is 12.3. The van der Waals surface area contributed by atoms with E-state index in [9.17, 15) is 14.4 Å². The molecule has 0 bridgehead atoms. The van der Waals surface area contributed by atoms with Gasteiger partial charge in [0.25, 0.3) is 0 Å². The van der Waals surface area contributed by atoms with E-state index in [2.05, 4.69) is 10.3 Å². The number of piperidine rings is 1. The first kappa shape index (κ1) is 18.4. The van der Waals surface area contributed by atoms with Gasteiger partial charge in [0.15, 0.2) is 5.13 Å². The Labute approximate surface area is 145 Å². The van der Waals surface area contributed by atoms with Gasteiger partial charge in [-0.25, -0.2) is 4.98 Å². The largest absolute Gasteiger partial charge is 0.369 e. The first-order chi connectivity index (χ1) is 11.2. The van der Waals surface area contributed by atoms with E-state index in [0.29, 0.717) is 36.8 Å². The highest BCUT2D eigenvalue weighted by Gasteiger charge is 2.32. The summed E-state index contributed by atoms with van der Waals surface area (Å²) in [5.41, 5.74) is 5.29. The van der Waals surface area contributed by atoms with Gasteiger partial charge in [-0.2, -0.15) is 0 Å². The van der Waals surface area contributed by atoms with Gasteiger partial charge in [-0.3, -0.25) is 14.4 Å². The maximum atomic E-state index is 12.3. The highest BCUT2D eigenvalue weighted by Crippen LogP contribution is 2.25. The van der Waals surface area contributed by atoms with Crippen molar-refractivity contribution >= 4 is 34.2 Å². The number of amides is 3. The van der Waals surface area contributed by atoms with Crippen LogP contribution in [0.1, 0.15) is 39.3 Å². The lowest BCUT2D eigenvalue weighted by molar-refractivity contribution is -0.142. The van der Waals surface area contributed by atoms with E-state index >= 15 is 0 Å². The molecule has 0 aliphatic carbocycles. The summed E-state index contributed by atoms with van der Waals surface area (Å²) in [5.74, 6) is -0.540. The predicted octanol–water partition coefficient (Wildman–Crippen LogP) is 1.39. The van der Waals surface area contributed by atoms with Crippen molar-refractivity contribution in [2.45, 2.75) is 40.0 Å². The molecule has 0 saturated carbocycles. The highest BCUT2D eigenvalue weighted by molar-refractivity contribution is 7.13. The van der Waals surface area contributed by atoms with Crippen LogP contribution >= 0.6 is 11.3 Å². The lowest BCUT2D eigenvalue weighted by Crippen LogP contribution is -2.45. The fourth-order valence-electron chi connectivity index (χ4n) is 2.65. The van der Waals surface area contributed by atoms with Crippen LogP contribution in [-0.2, 0) is 20.8 Å². The van der Waals surface area contributed by atoms with Gasteiger partial charge in [0.2, 0.25) is 17.7 Å². The Balaban J connectivity index is 1.86. The van der Waals surface area contributed by atoms with Gasteiger partial charge in [0.1, 0.15) is 0 Å². The summed E-state index contributed by atoms with van der Waals surface area (Å²) in [6, 6.07) is 0. The molecule has 8 heteroatoms. The SMILES string of the molecule is CC(C)(C)C(=O)N1CCC(C(=O)Nc2nc(CC(N)=O)cs2)CC1. The number of primary amides is 1. The number of carbonyl (C=O) groups is 3. The van der Waals surface area contributed by atoms with E-state index in [4.69, 9.17) is 5.73 Å². The fourth-order valence-corrected chi connectivity index (χ4v) is 3.36. The third-order valence-corrected chi connectivity index (χ3v) is 4.74. The molecule has 2 rings (SSSR count). The van der Waals surface area contributed by atoms with Crippen molar-refractivity contribution in [2.75, 3.05) is 18.4 Å². The second-order valence-corrected chi connectivity index (χ2v) is 7.95. The summed E-state index contributed by atoms with van der Waals surface area (Å²) in [7, 11) is 0. The van der Waals surface area contributed by atoms with Crippen molar-refractivity contribution in [2.24, 2.45) is 17.1 Å². The van der Waals surface area contributed by atoms with Crippen LogP contribution < -0.4 is 11.1 Å². The fraction of sp³-hybridized carbons (Fsp3) is 0.625. The van der Waals surface area contributed by atoms with E-state index < -0.39 is 11.3 Å². The van der Waals surface area contributed by atoms with Gasteiger partial charge in [-0.05, 0) is 12.8 Å². The van der Waals surface area contributed by atoms with Crippen LogP contribution in [0.15, 0.2) is 5.38 Å². The summed E-state index contributed by atoms with van der Waals surface area (Å²) in [5, 5.41) is 4.98. The molecule has 0 atom stereocenters. The van der Waals surface area contributed by atoms with Crippen LogP contribution in [-0.4, -0.2) is 40.7 Å². The monoisotopic (exact) mass is 352 g/mol. The Bertz CT molecular complexity index is 628. The second kappa shape index (κ2) is 7.29. The first-order valence-corrected chi connectivity index (χ1v) is 8.87. The number of rotatable bonds is 4. The third-order valence-electron chi connectivity index (χ3n) is 3.93. The summed E-state index contributed by atoms with van der Waals surface area (Å²) < 4.78 is 0. The molecule has 1 aromatic rings. The minimum Gasteiger partial charge on any atom is -0.369 e. The smallest absolute Gasteiger partial charge is 0.229 e. The third kappa shape index (κ3) is 4.77. The van der Waals surface area contributed by atoms with E-state index in [0.717, 1.165) is 0 Å². The maximum Gasteiger partial charge on any atom is 0.229 e. The Morgan fingerprint density at radius 2 is 1.96 bits per heavy atom. The minimum absolute atomic E-state index is 0.0691. The molecule has 0 aromatic carbocycles. The van der Waals surface area contributed by atoms with Gasteiger partial charge in [0.05, 0.1) is 12.1 Å². The topological polar surface area (TPSA) is 105 Å². The van der Waals surface area contributed by atoms with E-state index in [1.807, 2.05) is 25.7 Å². The quantitative estimate of drug-likeness (QED) is 0.854. The Morgan fingerprint density at radius 1 is 1.33 bits per heavy atom. The molecule has 1 fully saturated rings. The molecule has 132 valence electrons. The summed E-state index contributed by atoms with van der Waals surface area (Å²) in [6.45, 7) is 6.90. The molecule has 1 saturated heterocycles. The summed E-state index contributed by atoms with van der Waals surface area (Å²) in [6.07, 6.45) is 1.36. The van der Waals surface area contributed by atoms with E-state index in [1.54, 1.807) is 5.38 Å². The number of nitrogens with two attached hydrogens (primary N) is 1. The van der Waals surface area contributed by atoms with Crippen LogP contribution in [0.25, 0.3) is 0 Å². The minimum atomic E-state index is -0.450. The Hall–Kier alpha value is -1.96. The second-order valence-electron chi connectivity index (χ2n) is 7.09. The zero-order chi connectivity index (χ0) is 17.9. The van der Waals surface area contributed by atoms with Crippen molar-refractivity contribution in [1.82, 2.24) is 9.88 Å². The van der Waals surface area contributed by atoms with Crippen molar-refractivity contribution in [3.63, 3.8) is 0 Å². The van der Waals surface area contributed by atoms with Crippen molar-refractivity contribution in [3.05, 3.63) is 11.1 Å². The molecule has 0 radical (unpaired) electrons. The molecule has 1 aliphatic rings. The van der Waals surface area contributed by atoms with Gasteiger partial charge < -0.3 is 16.0 Å². The lowest BCUT2D eigenvalue weighted by atomic mass is 9.91. The van der Waals surface area contributed by atoms with Crippen LogP contribution in [0.4, 0.5) is 5.13 Å². The predicted molar refractivity (Wildman–Crippen MR) is 92.4 cm³/mol. The first-order valence-electron chi connectivity index (χ1n) is 8.00. The lowest BCUT2D eigenvalue weighted by Gasteiger charge is -2.35. The molecule has 2 heterocycles. The highest BCUT2D eigenvalue weighted by atomic mass is 32.1. The molecule has 0 spiro atoms. The van der Waals surface area contributed by atoms with E-state index in [1.165, 1.54) is 11.3 Å². The number of nitrogens with zero attached hydrogens (tertiary/aromatic N) is 2. The number of anilines is 1. The molecular weight excluding hydrogens is 328 g/mol. The van der Waals surface area contributed by atoms with Crippen molar-refractivity contribution < 1.29 is 14.4 Å². The average Bonchev–Trinajstić information content (AvgIpc) is 2.92. The van der Waals surface area contributed by atoms with Gasteiger partial charge >= 0.3 is 0 Å². The number of hydrogen-bond acceptors (Lipinski definition) is 5. The van der Waals surface area contributed by atoms with Crippen molar-refractivity contribution in [1.29, 1.82) is 0 Å². The van der Waals surface area contributed by atoms with Gasteiger partial charge in [-0.15, -0.1) is 11.3 Å². The zero-order valence-corrected chi connectivity index (χ0v) is 15.1. The molecule has 3 N–H and O–H groups in total. The Kier molecular flexibility index (Phi) is 5.58. The number of thiazole rings is 1. The molecule has 24 heavy (non-hydrogen) atoms. The molecule has 7 nitrogen and oxygen atoms in total. The summed E-state index contributed by atoms with van der Waals surface area (Å²) >= 11 is 1.28. The van der Waals surface area contributed by atoms with Gasteiger partial charge in [-0.1, -0.05) is 20.8 Å². The molecule has 1 aromatic heterocycles. The number of aromatic nitrogens is 1. The van der Waals surface area contributed by atoms with E-state index in [-0.39, 0.29) is 24.2 Å². The average molecular weight is 352 g/mol. The van der Waals surface area contributed by atoms with Gasteiger partial charge in [0, 0.05) is 29.8 Å². The molecule has 3 amide bonds. The zero-order valence-electron chi connectivity index (χ0n) is 14.3. The molecule has 1 aliphatic heterocycles. The van der Waals surface area contributed by atoms with Crippen LogP contribution in [0.5, 0.6) is 0 Å². The number of likely N-dealkylation sites (tertiary alicyclic amines) is 1. The van der Waals surface area contributed by atoms with Crippen molar-refractivity contribution in [3.8, 4) is 0 Å². The summed E-state index contributed by atoms with van der Waals surface area (Å²) in [4.78, 5) is 41.5. The van der Waals surface area contributed by atoms with Crippen LogP contribution in [0, 0.1) is 11.3 Å². The number of nitrogens with one attached hydrogen (secondary N) is 1. The normalized spacial score (nSPS) is 16.0. The number of carbonyl (C=O) groups excluding carboxylic acids is 3.